The molecular weight excluding hydrogens is 256 g/mol. The minimum absolute atomic E-state index is 0. The van der Waals surface area contributed by atoms with Crippen molar-refractivity contribution in [2.45, 2.75) is 31.8 Å². The summed E-state index contributed by atoms with van der Waals surface area (Å²) >= 11 is 0. The summed E-state index contributed by atoms with van der Waals surface area (Å²) < 4.78 is 10.6. The van der Waals surface area contributed by atoms with E-state index in [2.05, 4.69) is 10.2 Å². The van der Waals surface area contributed by atoms with Crippen LogP contribution in [0.5, 0.6) is 0 Å². The molecule has 0 aromatic heterocycles. The van der Waals surface area contributed by atoms with Crippen LogP contribution < -0.4 is 5.32 Å². The molecule has 0 aromatic carbocycles. The molecular formula is C12H23ClN2O3. The smallest absolute Gasteiger partial charge is 0.407 e. The summed E-state index contributed by atoms with van der Waals surface area (Å²) in [5.41, 5.74) is 0. The van der Waals surface area contributed by atoms with Crippen LogP contribution in [-0.2, 0) is 9.47 Å². The maximum absolute atomic E-state index is 11.5. The fourth-order valence-electron chi connectivity index (χ4n) is 2.34. The monoisotopic (exact) mass is 278 g/mol. The number of ether oxygens (including phenoxy) is 2. The fourth-order valence-corrected chi connectivity index (χ4v) is 2.34. The van der Waals surface area contributed by atoms with Crippen LogP contribution in [0.1, 0.15) is 25.7 Å². The van der Waals surface area contributed by atoms with Crippen molar-refractivity contribution in [1.82, 2.24) is 10.2 Å². The first-order valence-corrected chi connectivity index (χ1v) is 6.59. The summed E-state index contributed by atoms with van der Waals surface area (Å²) in [4.78, 5) is 13.8. The quantitative estimate of drug-likeness (QED) is 0.845. The van der Waals surface area contributed by atoms with Gasteiger partial charge in [-0.2, -0.15) is 0 Å². The van der Waals surface area contributed by atoms with Crippen LogP contribution in [0.3, 0.4) is 0 Å². The molecule has 2 rings (SSSR count). The predicted molar refractivity (Wildman–Crippen MR) is 71.2 cm³/mol. The molecule has 5 nitrogen and oxygen atoms in total. The first kappa shape index (κ1) is 15.5. The van der Waals surface area contributed by atoms with E-state index in [4.69, 9.17) is 9.47 Å². The first-order chi connectivity index (χ1) is 8.34. The predicted octanol–water partition coefficient (Wildman–Crippen LogP) is 1.41. The van der Waals surface area contributed by atoms with E-state index in [1.54, 1.807) is 0 Å². The summed E-state index contributed by atoms with van der Waals surface area (Å²) in [5, 5.41) is 2.81. The Hall–Kier alpha value is -0.520. The molecule has 1 heterocycles. The van der Waals surface area contributed by atoms with E-state index in [0.717, 1.165) is 45.7 Å². The Labute approximate surface area is 115 Å². The number of rotatable bonds is 4. The van der Waals surface area contributed by atoms with Crippen LogP contribution in [0.25, 0.3) is 0 Å². The van der Waals surface area contributed by atoms with Crippen molar-refractivity contribution in [3.05, 3.63) is 0 Å². The van der Waals surface area contributed by atoms with Crippen molar-refractivity contribution >= 4 is 18.5 Å². The van der Waals surface area contributed by atoms with E-state index < -0.39 is 0 Å². The molecule has 106 valence electrons. The van der Waals surface area contributed by atoms with Gasteiger partial charge in [-0.1, -0.05) is 0 Å². The Balaban J connectivity index is 0.00000162. The van der Waals surface area contributed by atoms with Gasteiger partial charge in [-0.25, -0.2) is 4.79 Å². The SMILES string of the molecule is Cl.O=C(NCCN1CCOCC1)OC1CCCC1. The van der Waals surface area contributed by atoms with Crippen LogP contribution in [0.2, 0.25) is 0 Å². The molecule has 0 spiro atoms. The minimum Gasteiger partial charge on any atom is -0.446 e. The molecule has 0 atom stereocenters. The zero-order valence-electron chi connectivity index (χ0n) is 10.7. The Kier molecular flexibility index (Phi) is 7.39. The number of amides is 1. The third-order valence-electron chi connectivity index (χ3n) is 3.38. The van der Waals surface area contributed by atoms with Crippen LogP contribution in [0.15, 0.2) is 0 Å². The lowest BCUT2D eigenvalue weighted by Gasteiger charge is -2.26. The standard InChI is InChI=1S/C12H22N2O3.ClH/c15-12(17-11-3-1-2-4-11)13-5-6-14-7-9-16-10-8-14;/h11H,1-10H2,(H,13,15);1H. The zero-order chi connectivity index (χ0) is 11.9. The van der Waals surface area contributed by atoms with Crippen molar-refractivity contribution in [2.75, 3.05) is 39.4 Å². The summed E-state index contributed by atoms with van der Waals surface area (Å²) in [6.45, 7) is 5.05. The summed E-state index contributed by atoms with van der Waals surface area (Å²) in [5.74, 6) is 0. The van der Waals surface area contributed by atoms with Gasteiger partial charge in [0.1, 0.15) is 6.10 Å². The molecule has 2 aliphatic rings. The summed E-state index contributed by atoms with van der Waals surface area (Å²) in [6, 6.07) is 0. The number of hydrogen-bond donors (Lipinski definition) is 1. The average Bonchev–Trinajstić information content (AvgIpc) is 2.83. The Bertz CT molecular complexity index is 241. The number of nitrogens with one attached hydrogen (secondary N) is 1. The van der Waals surface area contributed by atoms with Gasteiger partial charge in [0.05, 0.1) is 13.2 Å². The van der Waals surface area contributed by atoms with Gasteiger partial charge in [0.15, 0.2) is 0 Å². The summed E-state index contributed by atoms with van der Waals surface area (Å²) in [7, 11) is 0. The van der Waals surface area contributed by atoms with Gasteiger partial charge in [0, 0.05) is 26.2 Å². The maximum Gasteiger partial charge on any atom is 0.407 e. The molecule has 1 amide bonds. The average molecular weight is 279 g/mol. The Morgan fingerprint density at radius 3 is 2.61 bits per heavy atom. The normalized spacial score (nSPS) is 21.3. The molecule has 2 fully saturated rings. The second-order valence-corrected chi connectivity index (χ2v) is 4.69. The van der Waals surface area contributed by atoms with E-state index in [-0.39, 0.29) is 24.6 Å². The number of carbonyl (C=O) groups excluding carboxylic acids is 1. The van der Waals surface area contributed by atoms with Crippen LogP contribution in [0, 0.1) is 0 Å². The van der Waals surface area contributed by atoms with Crippen LogP contribution in [0.4, 0.5) is 4.79 Å². The highest BCUT2D eigenvalue weighted by Crippen LogP contribution is 2.20. The second-order valence-electron chi connectivity index (χ2n) is 4.69. The van der Waals surface area contributed by atoms with Crippen molar-refractivity contribution in [1.29, 1.82) is 0 Å². The topological polar surface area (TPSA) is 50.8 Å². The highest BCUT2D eigenvalue weighted by Gasteiger charge is 2.19. The first-order valence-electron chi connectivity index (χ1n) is 6.59. The van der Waals surface area contributed by atoms with Crippen LogP contribution in [-0.4, -0.2) is 56.5 Å². The lowest BCUT2D eigenvalue weighted by atomic mass is 10.3. The zero-order valence-corrected chi connectivity index (χ0v) is 11.5. The van der Waals surface area contributed by atoms with Crippen molar-refractivity contribution in [3.8, 4) is 0 Å². The van der Waals surface area contributed by atoms with Gasteiger partial charge in [0.2, 0.25) is 0 Å². The molecule has 0 radical (unpaired) electrons. The van der Waals surface area contributed by atoms with Gasteiger partial charge < -0.3 is 14.8 Å². The van der Waals surface area contributed by atoms with Crippen molar-refractivity contribution < 1.29 is 14.3 Å². The maximum atomic E-state index is 11.5. The Morgan fingerprint density at radius 1 is 1.28 bits per heavy atom. The highest BCUT2D eigenvalue weighted by atomic mass is 35.5. The third-order valence-corrected chi connectivity index (χ3v) is 3.38. The van der Waals surface area contributed by atoms with E-state index in [1.807, 2.05) is 0 Å². The molecule has 6 heteroatoms. The number of nitrogens with zero attached hydrogens (tertiary/aromatic N) is 1. The van der Waals surface area contributed by atoms with Gasteiger partial charge in [-0.15, -0.1) is 12.4 Å². The number of alkyl carbamates (subject to hydrolysis) is 1. The number of morpholine rings is 1. The van der Waals surface area contributed by atoms with Crippen LogP contribution >= 0.6 is 12.4 Å². The highest BCUT2D eigenvalue weighted by molar-refractivity contribution is 5.85. The lowest BCUT2D eigenvalue weighted by Crippen LogP contribution is -2.41. The van der Waals surface area contributed by atoms with E-state index in [9.17, 15) is 4.79 Å². The molecule has 1 saturated carbocycles. The van der Waals surface area contributed by atoms with E-state index >= 15 is 0 Å². The molecule has 1 aliphatic carbocycles. The van der Waals surface area contributed by atoms with Gasteiger partial charge in [0.25, 0.3) is 0 Å². The van der Waals surface area contributed by atoms with Gasteiger partial charge >= 0.3 is 6.09 Å². The molecule has 0 unspecified atom stereocenters. The van der Waals surface area contributed by atoms with Gasteiger partial charge in [-0.05, 0) is 25.7 Å². The largest absolute Gasteiger partial charge is 0.446 e. The van der Waals surface area contributed by atoms with Gasteiger partial charge in [-0.3, -0.25) is 4.90 Å². The number of halogens is 1. The van der Waals surface area contributed by atoms with Crippen molar-refractivity contribution in [3.63, 3.8) is 0 Å². The molecule has 0 aromatic rings. The lowest BCUT2D eigenvalue weighted by molar-refractivity contribution is 0.0378. The number of hydrogen-bond acceptors (Lipinski definition) is 4. The third kappa shape index (κ3) is 5.42. The second kappa shape index (κ2) is 8.56. The molecule has 1 aliphatic heterocycles. The number of carbonyl (C=O) groups is 1. The molecule has 18 heavy (non-hydrogen) atoms. The summed E-state index contributed by atoms with van der Waals surface area (Å²) in [6.07, 6.45) is 4.31. The van der Waals surface area contributed by atoms with E-state index in [1.165, 1.54) is 12.8 Å². The molecule has 1 N–H and O–H groups in total. The molecule has 1 saturated heterocycles. The minimum atomic E-state index is -0.259. The van der Waals surface area contributed by atoms with Crippen molar-refractivity contribution in [2.24, 2.45) is 0 Å². The molecule has 0 bridgehead atoms. The van der Waals surface area contributed by atoms with E-state index in [0.29, 0.717) is 6.54 Å². The fraction of sp³-hybridized carbons (Fsp3) is 0.917. The Morgan fingerprint density at radius 2 is 1.94 bits per heavy atom.